The predicted molar refractivity (Wildman–Crippen MR) is 161 cm³/mol. The van der Waals surface area contributed by atoms with Crippen molar-refractivity contribution in [3.05, 3.63) is 83.3 Å². The lowest BCUT2D eigenvalue weighted by Crippen LogP contribution is -2.50. The van der Waals surface area contributed by atoms with Crippen molar-refractivity contribution in [3.8, 4) is 22.5 Å². The molecule has 0 unspecified atom stereocenters. The molecule has 2 aromatic carbocycles. The van der Waals surface area contributed by atoms with E-state index in [0.29, 0.717) is 23.6 Å². The van der Waals surface area contributed by atoms with Gasteiger partial charge in [-0.2, -0.15) is 5.10 Å². The molecule has 0 spiro atoms. The minimum Gasteiger partial charge on any atom is -0.366 e. The molecule has 1 aliphatic heterocycles. The van der Waals surface area contributed by atoms with Crippen LogP contribution >= 0.6 is 0 Å². The first-order chi connectivity index (χ1) is 20.7. The number of pyridine rings is 1. The molecule has 2 amide bonds. The number of primary amides is 1. The van der Waals surface area contributed by atoms with Crippen LogP contribution in [0.4, 0.5) is 8.78 Å². The molecular formula is C33H32F2N6O2. The number of hydrogen-bond donors (Lipinski definition) is 2. The third-order valence-electron chi connectivity index (χ3n) is 8.69. The fourth-order valence-electron chi connectivity index (χ4n) is 6.25. The normalized spacial score (nSPS) is 18.9. The first kappa shape index (κ1) is 27.3. The van der Waals surface area contributed by atoms with E-state index in [1.54, 1.807) is 22.8 Å². The Morgan fingerprint density at radius 3 is 2.49 bits per heavy atom. The van der Waals surface area contributed by atoms with Gasteiger partial charge in [0.1, 0.15) is 17.7 Å². The summed E-state index contributed by atoms with van der Waals surface area (Å²) in [6, 6.07) is 15.8. The molecule has 1 saturated heterocycles. The third-order valence-corrected chi connectivity index (χ3v) is 8.69. The molecule has 3 aromatic heterocycles. The predicted octanol–water partition coefficient (Wildman–Crippen LogP) is 5.09. The number of benzene rings is 2. The van der Waals surface area contributed by atoms with Gasteiger partial charge in [-0.3, -0.25) is 9.59 Å². The Morgan fingerprint density at radius 1 is 1.00 bits per heavy atom. The molecule has 10 heteroatoms. The van der Waals surface area contributed by atoms with Crippen LogP contribution < -0.4 is 11.5 Å². The monoisotopic (exact) mass is 582 g/mol. The molecule has 4 heterocycles. The highest BCUT2D eigenvalue weighted by atomic mass is 19.1. The first-order valence-electron chi connectivity index (χ1n) is 14.6. The van der Waals surface area contributed by atoms with Gasteiger partial charge in [0, 0.05) is 41.8 Å². The van der Waals surface area contributed by atoms with Crippen LogP contribution in [0.1, 0.15) is 45.5 Å². The van der Waals surface area contributed by atoms with Gasteiger partial charge in [-0.15, -0.1) is 0 Å². The molecule has 0 radical (unpaired) electrons. The van der Waals surface area contributed by atoms with Crippen LogP contribution in [0.5, 0.6) is 0 Å². The Kier molecular flexibility index (Phi) is 6.54. The van der Waals surface area contributed by atoms with Crippen molar-refractivity contribution in [2.75, 3.05) is 13.1 Å². The van der Waals surface area contributed by atoms with E-state index in [1.165, 1.54) is 17.0 Å². The summed E-state index contributed by atoms with van der Waals surface area (Å²) in [4.78, 5) is 26.2. The number of nitrogens with zero attached hydrogens (tertiary/aromatic N) is 4. The summed E-state index contributed by atoms with van der Waals surface area (Å²) in [5.74, 6) is -1.14. The second kappa shape index (κ2) is 10.3. The van der Waals surface area contributed by atoms with Crippen LogP contribution in [-0.2, 0) is 6.54 Å². The van der Waals surface area contributed by atoms with E-state index in [4.69, 9.17) is 16.6 Å². The average molecular weight is 583 g/mol. The molecule has 1 aliphatic carbocycles. The van der Waals surface area contributed by atoms with Crippen LogP contribution in [-0.4, -0.2) is 56.2 Å². The van der Waals surface area contributed by atoms with Crippen LogP contribution in [0.25, 0.3) is 38.9 Å². The Balaban J connectivity index is 1.29. The number of hydrogen-bond acceptors (Lipinski definition) is 4. The molecule has 7 rings (SSSR count). The number of halogens is 2. The standard InChI is InChI=1S/C33H32F2N6O2/c1-18-28-9-7-23(33(43)39-16-24(34)13-25(36)17-39)15-41(28)38-31(18)30-12-22-5-4-21(11-29(22)40(30)14-19-2-3-19)20-6-8-26(32(37)42)27(35)10-20/h4-12,15,19,24-25H,2-3,13-14,16-17,36H2,1H3,(H2,37,42)/t24-,25-/m1/s1. The zero-order valence-electron chi connectivity index (χ0n) is 23.8. The van der Waals surface area contributed by atoms with Gasteiger partial charge in [0.2, 0.25) is 0 Å². The number of amides is 2. The van der Waals surface area contributed by atoms with Gasteiger partial charge < -0.3 is 20.9 Å². The topological polar surface area (TPSA) is 112 Å². The Labute approximate surface area is 246 Å². The molecule has 220 valence electrons. The Hall–Kier alpha value is -4.57. The molecule has 2 fully saturated rings. The number of likely N-dealkylation sites (tertiary alicyclic amines) is 1. The fourth-order valence-corrected chi connectivity index (χ4v) is 6.25. The van der Waals surface area contributed by atoms with Crippen molar-refractivity contribution in [2.45, 2.75) is 44.9 Å². The van der Waals surface area contributed by atoms with Crippen molar-refractivity contribution < 1.29 is 18.4 Å². The summed E-state index contributed by atoms with van der Waals surface area (Å²) in [5.41, 5.74) is 17.7. The largest absolute Gasteiger partial charge is 0.366 e. The van der Waals surface area contributed by atoms with Crippen molar-refractivity contribution in [2.24, 2.45) is 17.4 Å². The van der Waals surface area contributed by atoms with E-state index in [9.17, 15) is 18.4 Å². The minimum atomic E-state index is -1.13. The highest BCUT2D eigenvalue weighted by Gasteiger charge is 2.30. The summed E-state index contributed by atoms with van der Waals surface area (Å²) < 4.78 is 32.7. The second-order valence-corrected chi connectivity index (χ2v) is 11.9. The number of piperidine rings is 1. The Bertz CT molecular complexity index is 1910. The van der Waals surface area contributed by atoms with Gasteiger partial charge in [0.25, 0.3) is 11.8 Å². The fraction of sp³-hybridized carbons (Fsp3) is 0.303. The minimum absolute atomic E-state index is 0.0408. The highest BCUT2D eigenvalue weighted by molar-refractivity contribution is 5.96. The number of aromatic nitrogens is 3. The van der Waals surface area contributed by atoms with E-state index < -0.39 is 17.9 Å². The number of nitrogens with two attached hydrogens (primary N) is 2. The quantitative estimate of drug-likeness (QED) is 0.291. The van der Waals surface area contributed by atoms with Gasteiger partial charge in [-0.1, -0.05) is 18.2 Å². The number of alkyl halides is 1. The summed E-state index contributed by atoms with van der Waals surface area (Å²) >= 11 is 0. The molecular weight excluding hydrogens is 550 g/mol. The molecule has 43 heavy (non-hydrogen) atoms. The van der Waals surface area contributed by atoms with Gasteiger partial charge in [0.05, 0.1) is 28.9 Å². The van der Waals surface area contributed by atoms with E-state index in [0.717, 1.165) is 58.3 Å². The molecule has 5 aromatic rings. The summed E-state index contributed by atoms with van der Waals surface area (Å²) in [6.45, 7) is 3.21. The molecule has 0 bridgehead atoms. The van der Waals surface area contributed by atoms with Crippen molar-refractivity contribution in [3.63, 3.8) is 0 Å². The SMILES string of the molecule is Cc1c(-c2cc3ccc(-c4ccc(C(N)=O)c(F)c4)cc3n2CC2CC2)nn2cc(C(=O)N3C[C@H](N)C[C@@H](F)C3)ccc12. The first-order valence-corrected chi connectivity index (χ1v) is 14.6. The maximum atomic E-state index is 14.6. The van der Waals surface area contributed by atoms with Crippen molar-refractivity contribution >= 4 is 28.2 Å². The molecule has 8 nitrogen and oxygen atoms in total. The molecule has 2 aliphatic rings. The van der Waals surface area contributed by atoms with Gasteiger partial charge in [0.15, 0.2) is 0 Å². The molecule has 2 atom stereocenters. The zero-order chi connectivity index (χ0) is 30.0. The number of carbonyl (C=O) groups excluding carboxylic acids is 2. The Morgan fingerprint density at radius 2 is 1.77 bits per heavy atom. The summed E-state index contributed by atoms with van der Waals surface area (Å²) in [5, 5.41) is 5.97. The lowest BCUT2D eigenvalue weighted by atomic mass is 10.0. The van der Waals surface area contributed by atoms with Gasteiger partial charge >= 0.3 is 0 Å². The average Bonchev–Trinajstić information content (AvgIpc) is 3.65. The van der Waals surface area contributed by atoms with Crippen LogP contribution in [0.15, 0.2) is 60.8 Å². The maximum Gasteiger partial charge on any atom is 0.255 e. The number of fused-ring (bicyclic) bond motifs is 2. The number of carbonyl (C=O) groups is 2. The van der Waals surface area contributed by atoms with Crippen molar-refractivity contribution in [1.29, 1.82) is 0 Å². The van der Waals surface area contributed by atoms with Gasteiger partial charge in [-0.25, -0.2) is 13.3 Å². The summed E-state index contributed by atoms with van der Waals surface area (Å²) in [6.07, 6.45) is 3.16. The van der Waals surface area contributed by atoms with Gasteiger partial charge in [-0.05, 0) is 79.6 Å². The van der Waals surface area contributed by atoms with E-state index in [2.05, 4.69) is 10.6 Å². The lowest BCUT2D eigenvalue weighted by Gasteiger charge is -2.32. The number of rotatable bonds is 6. The smallest absolute Gasteiger partial charge is 0.255 e. The maximum absolute atomic E-state index is 14.6. The molecule has 4 N–H and O–H groups in total. The third kappa shape index (κ3) is 4.95. The van der Waals surface area contributed by atoms with E-state index >= 15 is 0 Å². The second-order valence-electron chi connectivity index (χ2n) is 11.9. The van der Waals surface area contributed by atoms with Crippen LogP contribution in [0.3, 0.4) is 0 Å². The molecule has 1 saturated carbocycles. The highest BCUT2D eigenvalue weighted by Crippen LogP contribution is 2.38. The van der Waals surface area contributed by atoms with E-state index in [-0.39, 0.29) is 30.5 Å². The number of aryl methyl sites for hydroxylation is 1. The van der Waals surface area contributed by atoms with Crippen molar-refractivity contribution in [1.82, 2.24) is 19.1 Å². The van der Waals surface area contributed by atoms with Crippen LogP contribution in [0.2, 0.25) is 0 Å². The summed E-state index contributed by atoms with van der Waals surface area (Å²) in [7, 11) is 0. The zero-order valence-corrected chi connectivity index (χ0v) is 23.8. The van der Waals surface area contributed by atoms with E-state index in [1.807, 2.05) is 31.2 Å². The van der Waals surface area contributed by atoms with Crippen LogP contribution in [0, 0.1) is 18.7 Å². The lowest BCUT2D eigenvalue weighted by molar-refractivity contribution is 0.0606.